The van der Waals surface area contributed by atoms with Crippen molar-refractivity contribution in [2.45, 2.75) is 18.4 Å². The summed E-state index contributed by atoms with van der Waals surface area (Å²) in [4.78, 5) is 4.38. The van der Waals surface area contributed by atoms with Gasteiger partial charge in [-0.05, 0) is 41.4 Å². The Morgan fingerprint density at radius 3 is 2.92 bits per heavy atom. The molecule has 0 aliphatic carbocycles. The van der Waals surface area contributed by atoms with E-state index in [0.29, 0.717) is 0 Å². The van der Waals surface area contributed by atoms with Gasteiger partial charge in [-0.3, -0.25) is 0 Å². The van der Waals surface area contributed by atoms with Crippen LogP contribution in [0.25, 0.3) is 0 Å². The van der Waals surface area contributed by atoms with Gasteiger partial charge in [0.05, 0.1) is 10.7 Å². The van der Waals surface area contributed by atoms with E-state index in [0.717, 1.165) is 27.4 Å². The highest BCUT2D eigenvalue weighted by Crippen LogP contribution is 2.20. The largest absolute Gasteiger partial charge is 0.396 e. The molecule has 0 amide bonds. The molecule has 0 aliphatic rings. The minimum absolute atomic E-state index is 0.252. The Hall–Kier alpha value is -0.0600. The van der Waals surface area contributed by atoms with Crippen LogP contribution in [0, 0.1) is 6.92 Å². The van der Waals surface area contributed by atoms with Gasteiger partial charge in [-0.25, -0.2) is 4.98 Å². The minimum Gasteiger partial charge on any atom is -0.396 e. The van der Waals surface area contributed by atoms with E-state index < -0.39 is 0 Å². The summed E-state index contributed by atoms with van der Waals surface area (Å²) in [5.41, 5.74) is 1.01. The third-order valence-corrected chi connectivity index (χ3v) is 3.40. The van der Waals surface area contributed by atoms with Crippen LogP contribution < -0.4 is 0 Å². The first-order valence-corrected chi connectivity index (χ1v) is 5.88. The molecule has 0 aliphatic heterocycles. The van der Waals surface area contributed by atoms with Crippen molar-refractivity contribution in [2.24, 2.45) is 0 Å². The summed E-state index contributed by atoms with van der Waals surface area (Å²) in [6.45, 7) is 2.22. The summed E-state index contributed by atoms with van der Waals surface area (Å²) in [6.07, 6.45) is 0.821. The van der Waals surface area contributed by atoms with E-state index in [-0.39, 0.29) is 6.61 Å². The molecule has 2 nitrogen and oxygen atoms in total. The molecule has 0 radical (unpaired) electrons. The monoisotopic (exact) mass is 261 g/mol. The van der Waals surface area contributed by atoms with Gasteiger partial charge in [0.15, 0.2) is 0 Å². The number of aliphatic hydroxyl groups excluding tert-OH is 1. The lowest BCUT2D eigenvalue weighted by Crippen LogP contribution is -1.89. The fourth-order valence-electron chi connectivity index (χ4n) is 0.843. The maximum atomic E-state index is 8.60. The Labute approximate surface area is 90.9 Å². The summed E-state index contributed by atoms with van der Waals surface area (Å²) < 4.78 is 1.04. The van der Waals surface area contributed by atoms with Crippen LogP contribution in [0.3, 0.4) is 0 Å². The van der Waals surface area contributed by atoms with Gasteiger partial charge < -0.3 is 5.11 Å². The highest BCUT2D eigenvalue weighted by atomic mass is 79.9. The zero-order valence-corrected chi connectivity index (χ0v) is 9.86. The first-order valence-electron chi connectivity index (χ1n) is 4.11. The number of nitrogens with zero attached hydrogens (tertiary/aromatic N) is 1. The molecule has 13 heavy (non-hydrogen) atoms. The molecule has 1 N–H and O–H groups in total. The van der Waals surface area contributed by atoms with Crippen LogP contribution in [0.2, 0.25) is 0 Å². The molecule has 0 saturated heterocycles. The topological polar surface area (TPSA) is 33.1 Å². The molecule has 1 aromatic rings. The fraction of sp³-hybridized carbons (Fsp3) is 0.444. The van der Waals surface area contributed by atoms with Crippen molar-refractivity contribution in [2.75, 3.05) is 12.4 Å². The number of aryl methyl sites for hydroxylation is 1. The zero-order chi connectivity index (χ0) is 9.68. The predicted octanol–water partition coefficient (Wildman–Crippen LogP) is 2.63. The number of aromatic nitrogens is 1. The average molecular weight is 262 g/mol. The van der Waals surface area contributed by atoms with Crippen molar-refractivity contribution in [3.05, 3.63) is 22.3 Å². The van der Waals surface area contributed by atoms with Crippen LogP contribution in [0.15, 0.2) is 21.6 Å². The average Bonchev–Trinajstić information content (AvgIpc) is 2.12. The molecule has 1 aromatic heterocycles. The van der Waals surface area contributed by atoms with Crippen LogP contribution >= 0.6 is 27.7 Å². The Morgan fingerprint density at radius 2 is 2.31 bits per heavy atom. The van der Waals surface area contributed by atoms with Crippen molar-refractivity contribution < 1.29 is 5.11 Å². The van der Waals surface area contributed by atoms with E-state index in [1.165, 1.54) is 0 Å². The normalized spacial score (nSPS) is 10.4. The molecule has 1 heterocycles. The molecule has 1 rings (SSSR count). The summed E-state index contributed by atoms with van der Waals surface area (Å²) in [5, 5.41) is 9.62. The van der Waals surface area contributed by atoms with E-state index >= 15 is 0 Å². The lowest BCUT2D eigenvalue weighted by molar-refractivity contribution is 0.296. The van der Waals surface area contributed by atoms with Gasteiger partial charge >= 0.3 is 0 Å². The van der Waals surface area contributed by atoms with Crippen molar-refractivity contribution in [3.8, 4) is 0 Å². The van der Waals surface area contributed by atoms with Gasteiger partial charge in [0, 0.05) is 16.8 Å². The number of aliphatic hydroxyl groups is 1. The van der Waals surface area contributed by atoms with Gasteiger partial charge in [-0.15, -0.1) is 11.8 Å². The van der Waals surface area contributed by atoms with Crippen molar-refractivity contribution in [3.63, 3.8) is 0 Å². The third kappa shape index (κ3) is 3.67. The highest BCUT2D eigenvalue weighted by molar-refractivity contribution is 9.10. The van der Waals surface area contributed by atoms with Crippen LogP contribution in [0.4, 0.5) is 0 Å². The van der Waals surface area contributed by atoms with Crippen molar-refractivity contribution >= 4 is 27.7 Å². The SMILES string of the molecule is Cc1nc(SCCCO)ccc1Br. The predicted molar refractivity (Wildman–Crippen MR) is 59.1 cm³/mol. The summed E-state index contributed by atoms with van der Waals surface area (Å²) >= 11 is 5.08. The van der Waals surface area contributed by atoms with Crippen LogP contribution in [-0.4, -0.2) is 22.5 Å². The van der Waals surface area contributed by atoms with Crippen molar-refractivity contribution in [1.82, 2.24) is 4.98 Å². The first kappa shape index (κ1) is 11.0. The van der Waals surface area contributed by atoms with E-state index in [1.807, 2.05) is 19.1 Å². The molecule has 0 saturated carbocycles. The molecule has 0 spiro atoms. The Bertz CT molecular complexity index is 280. The van der Waals surface area contributed by atoms with Gasteiger partial charge in [0.2, 0.25) is 0 Å². The number of hydrogen-bond donors (Lipinski definition) is 1. The van der Waals surface area contributed by atoms with Crippen molar-refractivity contribution in [1.29, 1.82) is 0 Å². The minimum atomic E-state index is 0.252. The molecule has 0 atom stereocenters. The van der Waals surface area contributed by atoms with Gasteiger partial charge in [-0.1, -0.05) is 0 Å². The molecule has 4 heteroatoms. The molecule has 0 aromatic carbocycles. The number of hydrogen-bond acceptors (Lipinski definition) is 3. The molecule has 72 valence electrons. The van der Waals surface area contributed by atoms with Crippen LogP contribution in [0.1, 0.15) is 12.1 Å². The Balaban J connectivity index is 2.53. The number of pyridine rings is 1. The van der Waals surface area contributed by atoms with E-state index in [2.05, 4.69) is 20.9 Å². The standard InChI is InChI=1S/C9H12BrNOS/c1-7-8(10)3-4-9(11-7)13-6-2-5-12/h3-4,12H,2,5-6H2,1H3. The Morgan fingerprint density at radius 1 is 1.54 bits per heavy atom. The van der Waals surface area contributed by atoms with E-state index in [1.54, 1.807) is 11.8 Å². The zero-order valence-electron chi connectivity index (χ0n) is 7.46. The quantitative estimate of drug-likeness (QED) is 0.669. The summed E-state index contributed by atoms with van der Waals surface area (Å²) in [5.74, 6) is 0.921. The van der Waals surface area contributed by atoms with Gasteiger partial charge in [-0.2, -0.15) is 0 Å². The molecule has 0 unspecified atom stereocenters. The molecule has 0 bridgehead atoms. The second-order valence-corrected chi connectivity index (χ2v) is 4.61. The maximum absolute atomic E-state index is 8.60. The Kier molecular flexibility index (Phi) is 4.77. The van der Waals surface area contributed by atoms with Crippen LogP contribution in [0.5, 0.6) is 0 Å². The van der Waals surface area contributed by atoms with E-state index in [9.17, 15) is 0 Å². The van der Waals surface area contributed by atoms with E-state index in [4.69, 9.17) is 5.11 Å². The number of halogens is 1. The second-order valence-electron chi connectivity index (χ2n) is 2.64. The first-order chi connectivity index (χ1) is 6.24. The van der Waals surface area contributed by atoms with Crippen LogP contribution in [-0.2, 0) is 0 Å². The van der Waals surface area contributed by atoms with Gasteiger partial charge in [0.1, 0.15) is 0 Å². The summed E-state index contributed by atoms with van der Waals surface area (Å²) in [6, 6.07) is 3.99. The fourth-order valence-corrected chi connectivity index (χ4v) is 1.91. The third-order valence-electron chi connectivity index (χ3n) is 1.55. The van der Waals surface area contributed by atoms with Gasteiger partial charge in [0.25, 0.3) is 0 Å². The lowest BCUT2D eigenvalue weighted by atomic mass is 10.4. The second kappa shape index (κ2) is 5.62. The smallest absolute Gasteiger partial charge is 0.0963 e. The lowest BCUT2D eigenvalue weighted by Gasteiger charge is -2.01. The highest BCUT2D eigenvalue weighted by Gasteiger charge is 1.99. The molecule has 0 fully saturated rings. The summed E-state index contributed by atoms with van der Waals surface area (Å²) in [7, 11) is 0. The maximum Gasteiger partial charge on any atom is 0.0963 e. The number of rotatable bonds is 4. The molecular weight excluding hydrogens is 250 g/mol. The molecular formula is C9H12BrNOS. The number of thioether (sulfide) groups is 1.